The van der Waals surface area contributed by atoms with Gasteiger partial charge >= 0.3 is 6.03 Å². The Hall–Kier alpha value is -1.82. The van der Waals surface area contributed by atoms with Gasteiger partial charge in [0.25, 0.3) is 0 Å². The van der Waals surface area contributed by atoms with Crippen molar-refractivity contribution in [2.75, 3.05) is 20.2 Å². The monoisotopic (exact) mass is 324 g/mol. The average molecular weight is 324 g/mol. The standard InChI is InChI=1S/C17H25FN2O3/c1-11(16-14(18)5-4-6-15(16)23-3)19-17(22)20-9-7-13(8-10-20)12(2)21/h4-6,11-13,21H,7-10H2,1-3H3,(H,19,22). The first-order valence-corrected chi connectivity index (χ1v) is 8.00. The molecule has 2 amide bonds. The zero-order chi connectivity index (χ0) is 17.0. The van der Waals surface area contributed by atoms with Crippen molar-refractivity contribution in [2.45, 2.75) is 38.8 Å². The highest BCUT2D eigenvalue weighted by atomic mass is 19.1. The Kier molecular flexibility index (Phi) is 5.82. The van der Waals surface area contributed by atoms with Crippen LogP contribution in [0.5, 0.6) is 5.75 Å². The second-order valence-electron chi connectivity index (χ2n) is 6.09. The lowest BCUT2D eigenvalue weighted by Crippen LogP contribution is -2.46. The van der Waals surface area contributed by atoms with Crippen LogP contribution >= 0.6 is 0 Å². The Labute approximate surface area is 136 Å². The molecule has 1 saturated heterocycles. The number of carbonyl (C=O) groups excluding carboxylic acids is 1. The maximum atomic E-state index is 14.0. The van der Waals surface area contributed by atoms with Crippen molar-refractivity contribution in [3.05, 3.63) is 29.6 Å². The number of aliphatic hydroxyl groups excluding tert-OH is 1. The highest BCUT2D eigenvalue weighted by molar-refractivity contribution is 5.75. The number of benzene rings is 1. The van der Waals surface area contributed by atoms with Gasteiger partial charge in [-0.2, -0.15) is 0 Å². The zero-order valence-corrected chi connectivity index (χ0v) is 13.9. The SMILES string of the molecule is COc1cccc(F)c1C(C)NC(=O)N1CCC(C(C)O)CC1. The Balaban J connectivity index is 1.98. The van der Waals surface area contributed by atoms with E-state index in [1.165, 1.54) is 13.2 Å². The Morgan fingerprint density at radius 1 is 1.39 bits per heavy atom. The number of nitrogens with zero attached hydrogens (tertiary/aromatic N) is 1. The lowest BCUT2D eigenvalue weighted by Gasteiger charge is -2.34. The Morgan fingerprint density at radius 3 is 2.61 bits per heavy atom. The second-order valence-corrected chi connectivity index (χ2v) is 6.09. The van der Waals surface area contributed by atoms with E-state index < -0.39 is 11.9 Å². The molecule has 1 aromatic rings. The second kappa shape index (κ2) is 7.64. The number of amides is 2. The number of piperidine rings is 1. The van der Waals surface area contributed by atoms with Crippen LogP contribution in [0.15, 0.2) is 18.2 Å². The summed E-state index contributed by atoms with van der Waals surface area (Å²) in [4.78, 5) is 14.1. The molecule has 0 spiro atoms. The predicted molar refractivity (Wildman–Crippen MR) is 85.9 cm³/mol. The summed E-state index contributed by atoms with van der Waals surface area (Å²) in [5, 5.41) is 12.4. The van der Waals surface area contributed by atoms with Crippen molar-refractivity contribution in [3.63, 3.8) is 0 Å². The van der Waals surface area contributed by atoms with E-state index in [1.54, 1.807) is 30.9 Å². The van der Waals surface area contributed by atoms with E-state index in [4.69, 9.17) is 4.74 Å². The number of hydrogen-bond donors (Lipinski definition) is 2. The Morgan fingerprint density at radius 2 is 2.04 bits per heavy atom. The van der Waals surface area contributed by atoms with Gasteiger partial charge in [-0.3, -0.25) is 0 Å². The third-order valence-electron chi connectivity index (χ3n) is 4.51. The van der Waals surface area contributed by atoms with Gasteiger partial charge in [-0.05, 0) is 44.7 Å². The van der Waals surface area contributed by atoms with Gasteiger partial charge < -0.3 is 20.1 Å². The molecule has 2 unspecified atom stereocenters. The number of hydrogen-bond acceptors (Lipinski definition) is 3. The van der Waals surface area contributed by atoms with Crippen LogP contribution in [-0.2, 0) is 0 Å². The first-order valence-electron chi connectivity index (χ1n) is 8.00. The molecule has 6 heteroatoms. The highest BCUT2D eigenvalue weighted by Crippen LogP contribution is 2.28. The quantitative estimate of drug-likeness (QED) is 0.895. The normalized spacial score (nSPS) is 18.4. The van der Waals surface area contributed by atoms with Crippen LogP contribution in [0, 0.1) is 11.7 Å². The van der Waals surface area contributed by atoms with E-state index in [0.29, 0.717) is 24.4 Å². The fourth-order valence-electron chi connectivity index (χ4n) is 3.05. The van der Waals surface area contributed by atoms with Crippen LogP contribution in [0.3, 0.4) is 0 Å². The average Bonchev–Trinajstić information content (AvgIpc) is 2.54. The fraction of sp³-hybridized carbons (Fsp3) is 0.588. The summed E-state index contributed by atoms with van der Waals surface area (Å²) in [5.74, 6) is 0.263. The highest BCUT2D eigenvalue weighted by Gasteiger charge is 2.27. The zero-order valence-electron chi connectivity index (χ0n) is 13.9. The number of ether oxygens (including phenoxy) is 1. The van der Waals surface area contributed by atoms with Crippen LogP contribution in [0.25, 0.3) is 0 Å². The van der Waals surface area contributed by atoms with Gasteiger partial charge in [0.15, 0.2) is 0 Å². The third-order valence-corrected chi connectivity index (χ3v) is 4.51. The molecule has 0 saturated carbocycles. The van der Waals surface area contributed by atoms with Crippen molar-refractivity contribution in [3.8, 4) is 5.75 Å². The van der Waals surface area contributed by atoms with Gasteiger partial charge in [-0.25, -0.2) is 9.18 Å². The molecule has 2 atom stereocenters. The van der Waals surface area contributed by atoms with Crippen molar-refractivity contribution >= 4 is 6.03 Å². The number of carbonyl (C=O) groups is 1. The number of rotatable bonds is 4. The smallest absolute Gasteiger partial charge is 0.317 e. The molecular formula is C17H25FN2O3. The molecule has 1 heterocycles. The fourth-order valence-corrected chi connectivity index (χ4v) is 3.05. The summed E-state index contributed by atoms with van der Waals surface area (Å²) in [5.41, 5.74) is 0.349. The lowest BCUT2D eigenvalue weighted by molar-refractivity contribution is 0.0793. The molecule has 1 aliphatic heterocycles. The van der Waals surface area contributed by atoms with E-state index in [2.05, 4.69) is 5.32 Å². The molecule has 0 radical (unpaired) electrons. The van der Waals surface area contributed by atoms with Crippen molar-refractivity contribution in [2.24, 2.45) is 5.92 Å². The maximum absolute atomic E-state index is 14.0. The van der Waals surface area contributed by atoms with Gasteiger partial charge in [-0.15, -0.1) is 0 Å². The lowest BCUT2D eigenvalue weighted by atomic mass is 9.92. The number of aliphatic hydroxyl groups is 1. The third kappa shape index (κ3) is 4.13. The van der Waals surface area contributed by atoms with Gasteiger partial charge in [0.05, 0.1) is 24.8 Å². The summed E-state index contributed by atoms with van der Waals surface area (Å²) in [6, 6.07) is 3.90. The minimum Gasteiger partial charge on any atom is -0.496 e. The number of methoxy groups -OCH3 is 1. The van der Waals surface area contributed by atoms with Crippen LogP contribution in [0.4, 0.5) is 9.18 Å². The summed E-state index contributed by atoms with van der Waals surface area (Å²) in [7, 11) is 1.48. The molecule has 5 nitrogen and oxygen atoms in total. The molecule has 1 fully saturated rings. The molecule has 1 aromatic carbocycles. The predicted octanol–water partition coefficient (Wildman–Crippen LogP) is 2.70. The first-order chi connectivity index (χ1) is 10.9. The van der Waals surface area contributed by atoms with E-state index >= 15 is 0 Å². The van der Waals surface area contributed by atoms with E-state index in [0.717, 1.165) is 12.8 Å². The van der Waals surface area contributed by atoms with Gasteiger partial charge in [-0.1, -0.05) is 6.07 Å². The van der Waals surface area contributed by atoms with Gasteiger partial charge in [0.1, 0.15) is 11.6 Å². The molecule has 23 heavy (non-hydrogen) atoms. The minimum absolute atomic E-state index is 0.216. The Bertz CT molecular complexity index is 543. The summed E-state index contributed by atoms with van der Waals surface area (Å²) in [6.07, 6.45) is 1.21. The van der Waals surface area contributed by atoms with Crippen molar-refractivity contribution < 1.29 is 19.0 Å². The van der Waals surface area contributed by atoms with Crippen molar-refractivity contribution in [1.29, 1.82) is 0 Å². The topological polar surface area (TPSA) is 61.8 Å². The maximum Gasteiger partial charge on any atom is 0.317 e. The molecule has 0 bridgehead atoms. The van der Waals surface area contributed by atoms with Crippen molar-refractivity contribution in [1.82, 2.24) is 10.2 Å². The van der Waals surface area contributed by atoms with E-state index in [1.807, 2.05) is 0 Å². The van der Waals surface area contributed by atoms with Gasteiger partial charge in [0.2, 0.25) is 0 Å². The summed E-state index contributed by atoms with van der Waals surface area (Å²) >= 11 is 0. The molecule has 1 aliphatic rings. The number of halogens is 1. The molecule has 128 valence electrons. The largest absolute Gasteiger partial charge is 0.496 e. The summed E-state index contributed by atoms with van der Waals surface area (Å²) < 4.78 is 19.2. The minimum atomic E-state index is -0.492. The molecular weight excluding hydrogens is 299 g/mol. The molecule has 0 aliphatic carbocycles. The van der Waals surface area contributed by atoms with Gasteiger partial charge in [0, 0.05) is 13.1 Å². The summed E-state index contributed by atoms with van der Waals surface area (Å²) in [6.45, 7) is 4.72. The molecule has 0 aromatic heterocycles. The first kappa shape index (κ1) is 17.5. The van der Waals surface area contributed by atoms with Crippen LogP contribution in [-0.4, -0.2) is 42.3 Å². The number of urea groups is 1. The van der Waals surface area contributed by atoms with E-state index in [-0.39, 0.29) is 18.1 Å². The van der Waals surface area contributed by atoms with Crippen LogP contribution in [0.1, 0.15) is 38.3 Å². The van der Waals surface area contributed by atoms with E-state index in [9.17, 15) is 14.3 Å². The number of likely N-dealkylation sites (tertiary alicyclic amines) is 1. The molecule has 2 N–H and O–H groups in total. The van der Waals surface area contributed by atoms with Crippen LogP contribution < -0.4 is 10.1 Å². The van der Waals surface area contributed by atoms with Crippen LogP contribution in [0.2, 0.25) is 0 Å². The molecule has 2 rings (SSSR count). The number of nitrogens with one attached hydrogen (secondary N) is 1.